The minimum Gasteiger partial charge on any atom is -0.312 e. The second-order valence-electron chi connectivity index (χ2n) is 4.83. The standard InChI is InChI=1S/C11H24N2O2S/c1-4-13-7-5-6-11(13)8-12-10(2)9-16(3,14)15/h10-12H,4-9H2,1-3H3. The lowest BCUT2D eigenvalue weighted by Gasteiger charge is -2.24. The van der Waals surface area contributed by atoms with Gasteiger partial charge in [0.2, 0.25) is 0 Å². The average molecular weight is 248 g/mol. The SMILES string of the molecule is CCN1CCCC1CNC(C)CS(C)(=O)=O. The summed E-state index contributed by atoms with van der Waals surface area (Å²) in [7, 11) is -2.86. The summed E-state index contributed by atoms with van der Waals surface area (Å²) in [5, 5.41) is 3.32. The van der Waals surface area contributed by atoms with Crippen LogP contribution in [-0.4, -0.2) is 57.0 Å². The first-order valence-electron chi connectivity index (χ1n) is 6.07. The van der Waals surface area contributed by atoms with E-state index in [2.05, 4.69) is 17.1 Å². The molecule has 1 aliphatic heterocycles. The molecule has 0 aromatic carbocycles. The van der Waals surface area contributed by atoms with Crippen molar-refractivity contribution in [1.82, 2.24) is 10.2 Å². The Balaban J connectivity index is 2.28. The van der Waals surface area contributed by atoms with Crippen molar-refractivity contribution in [3.8, 4) is 0 Å². The highest BCUT2D eigenvalue weighted by Gasteiger charge is 2.23. The maximum Gasteiger partial charge on any atom is 0.148 e. The van der Waals surface area contributed by atoms with Gasteiger partial charge in [-0.05, 0) is 32.9 Å². The van der Waals surface area contributed by atoms with Gasteiger partial charge in [-0.15, -0.1) is 0 Å². The van der Waals surface area contributed by atoms with Crippen molar-refractivity contribution in [3.63, 3.8) is 0 Å². The Morgan fingerprint density at radius 3 is 2.75 bits per heavy atom. The minimum absolute atomic E-state index is 0.0503. The molecule has 0 aromatic rings. The first-order valence-corrected chi connectivity index (χ1v) is 8.13. The van der Waals surface area contributed by atoms with Crippen molar-refractivity contribution >= 4 is 9.84 Å². The molecule has 1 aliphatic rings. The molecule has 1 saturated heterocycles. The lowest BCUT2D eigenvalue weighted by atomic mass is 10.2. The predicted octanol–water partition coefficient (Wildman–Crippen LogP) is 0.493. The van der Waals surface area contributed by atoms with E-state index in [0.717, 1.165) is 13.1 Å². The van der Waals surface area contributed by atoms with Crippen molar-refractivity contribution < 1.29 is 8.42 Å². The van der Waals surface area contributed by atoms with Gasteiger partial charge in [-0.1, -0.05) is 6.92 Å². The largest absolute Gasteiger partial charge is 0.312 e. The molecule has 2 atom stereocenters. The van der Waals surface area contributed by atoms with Gasteiger partial charge in [-0.25, -0.2) is 8.42 Å². The first kappa shape index (κ1) is 13.9. The van der Waals surface area contributed by atoms with Crippen LogP contribution >= 0.6 is 0 Å². The zero-order chi connectivity index (χ0) is 12.2. The summed E-state index contributed by atoms with van der Waals surface area (Å²) in [6, 6.07) is 0.640. The summed E-state index contributed by atoms with van der Waals surface area (Å²) in [5.41, 5.74) is 0. The van der Waals surface area contributed by atoms with Gasteiger partial charge in [0.25, 0.3) is 0 Å². The van der Waals surface area contributed by atoms with Crippen LogP contribution in [0.2, 0.25) is 0 Å². The summed E-state index contributed by atoms with van der Waals surface area (Å²) >= 11 is 0. The Morgan fingerprint density at radius 1 is 1.50 bits per heavy atom. The number of likely N-dealkylation sites (tertiary alicyclic amines) is 1. The highest BCUT2D eigenvalue weighted by Crippen LogP contribution is 2.15. The van der Waals surface area contributed by atoms with Gasteiger partial charge < -0.3 is 5.32 Å². The van der Waals surface area contributed by atoms with Gasteiger partial charge in [0.05, 0.1) is 5.75 Å². The number of sulfone groups is 1. The summed E-state index contributed by atoms with van der Waals surface area (Å²) < 4.78 is 22.2. The van der Waals surface area contributed by atoms with E-state index in [-0.39, 0.29) is 11.8 Å². The highest BCUT2D eigenvalue weighted by molar-refractivity contribution is 7.90. The lowest BCUT2D eigenvalue weighted by molar-refractivity contribution is 0.256. The molecule has 4 nitrogen and oxygen atoms in total. The number of hydrogen-bond donors (Lipinski definition) is 1. The monoisotopic (exact) mass is 248 g/mol. The quantitative estimate of drug-likeness (QED) is 0.743. The van der Waals surface area contributed by atoms with Gasteiger partial charge in [0.15, 0.2) is 0 Å². The average Bonchev–Trinajstić information content (AvgIpc) is 2.59. The Kier molecular flexibility index (Phi) is 5.21. The zero-order valence-electron chi connectivity index (χ0n) is 10.6. The fraction of sp³-hybridized carbons (Fsp3) is 1.00. The van der Waals surface area contributed by atoms with Gasteiger partial charge in [0.1, 0.15) is 9.84 Å². The van der Waals surface area contributed by atoms with Gasteiger partial charge >= 0.3 is 0 Å². The molecule has 96 valence electrons. The molecule has 2 unspecified atom stereocenters. The van der Waals surface area contributed by atoms with Gasteiger partial charge in [-0.3, -0.25) is 4.90 Å². The van der Waals surface area contributed by atoms with E-state index < -0.39 is 9.84 Å². The molecular formula is C11H24N2O2S. The predicted molar refractivity (Wildman–Crippen MR) is 67.4 cm³/mol. The third kappa shape index (κ3) is 4.80. The maximum absolute atomic E-state index is 11.1. The van der Waals surface area contributed by atoms with Crippen LogP contribution in [0.15, 0.2) is 0 Å². The van der Waals surface area contributed by atoms with Crippen molar-refractivity contribution in [2.75, 3.05) is 31.6 Å². The Labute approximate surface area is 99.3 Å². The van der Waals surface area contributed by atoms with E-state index in [1.54, 1.807) is 0 Å². The molecule has 5 heteroatoms. The number of nitrogens with one attached hydrogen (secondary N) is 1. The van der Waals surface area contributed by atoms with Crippen molar-refractivity contribution in [3.05, 3.63) is 0 Å². The molecule has 1 heterocycles. The minimum atomic E-state index is -2.86. The van der Waals surface area contributed by atoms with Gasteiger partial charge in [0, 0.05) is 24.9 Å². The number of rotatable bonds is 6. The second kappa shape index (κ2) is 5.98. The van der Waals surface area contributed by atoms with Crippen molar-refractivity contribution in [1.29, 1.82) is 0 Å². The Hall–Kier alpha value is -0.130. The van der Waals surface area contributed by atoms with Crippen molar-refractivity contribution in [2.24, 2.45) is 0 Å². The van der Waals surface area contributed by atoms with Crippen LogP contribution in [0.3, 0.4) is 0 Å². The van der Waals surface area contributed by atoms with E-state index in [1.807, 2.05) is 6.92 Å². The third-order valence-electron chi connectivity index (χ3n) is 3.16. The van der Waals surface area contributed by atoms with E-state index in [4.69, 9.17) is 0 Å². The van der Waals surface area contributed by atoms with E-state index in [9.17, 15) is 8.42 Å². The normalized spacial score (nSPS) is 24.8. The molecule has 0 amide bonds. The summed E-state index contributed by atoms with van der Waals surface area (Å²) in [6.45, 7) is 7.30. The van der Waals surface area contributed by atoms with Crippen LogP contribution in [-0.2, 0) is 9.84 Å². The Bertz CT molecular complexity index is 303. The van der Waals surface area contributed by atoms with Crippen LogP contribution < -0.4 is 5.32 Å². The fourth-order valence-electron chi connectivity index (χ4n) is 2.39. The highest BCUT2D eigenvalue weighted by atomic mass is 32.2. The summed E-state index contributed by atoms with van der Waals surface area (Å²) in [5.74, 6) is 0.228. The van der Waals surface area contributed by atoms with Crippen LogP contribution in [0.5, 0.6) is 0 Å². The molecule has 0 bridgehead atoms. The topological polar surface area (TPSA) is 49.4 Å². The first-order chi connectivity index (χ1) is 7.42. The van der Waals surface area contributed by atoms with E-state index in [0.29, 0.717) is 6.04 Å². The summed E-state index contributed by atoms with van der Waals surface area (Å²) in [6.07, 6.45) is 3.78. The van der Waals surface area contributed by atoms with Gasteiger partial charge in [-0.2, -0.15) is 0 Å². The third-order valence-corrected chi connectivity index (χ3v) is 4.27. The maximum atomic E-state index is 11.1. The number of likely N-dealkylation sites (N-methyl/N-ethyl adjacent to an activating group) is 1. The second-order valence-corrected chi connectivity index (χ2v) is 7.01. The van der Waals surface area contributed by atoms with Crippen LogP contribution in [0.4, 0.5) is 0 Å². The Morgan fingerprint density at radius 2 is 2.19 bits per heavy atom. The molecule has 0 spiro atoms. The van der Waals surface area contributed by atoms with E-state index in [1.165, 1.54) is 25.6 Å². The molecule has 1 fully saturated rings. The molecule has 0 aromatic heterocycles. The van der Waals surface area contributed by atoms with Crippen LogP contribution in [0, 0.1) is 0 Å². The summed E-state index contributed by atoms with van der Waals surface area (Å²) in [4.78, 5) is 2.46. The molecule has 1 N–H and O–H groups in total. The number of hydrogen-bond acceptors (Lipinski definition) is 4. The molecule has 16 heavy (non-hydrogen) atoms. The molecule has 1 rings (SSSR count). The van der Waals surface area contributed by atoms with Crippen LogP contribution in [0.1, 0.15) is 26.7 Å². The molecular weight excluding hydrogens is 224 g/mol. The van der Waals surface area contributed by atoms with Crippen molar-refractivity contribution in [2.45, 2.75) is 38.8 Å². The smallest absolute Gasteiger partial charge is 0.148 e. The molecule has 0 radical (unpaired) electrons. The zero-order valence-corrected chi connectivity index (χ0v) is 11.4. The van der Waals surface area contributed by atoms with Crippen LogP contribution in [0.25, 0.3) is 0 Å². The molecule has 0 aliphatic carbocycles. The lowest BCUT2D eigenvalue weighted by Crippen LogP contribution is -2.42. The fourth-order valence-corrected chi connectivity index (χ4v) is 3.42. The number of nitrogens with zero attached hydrogens (tertiary/aromatic N) is 1. The molecule has 0 saturated carbocycles. The van der Waals surface area contributed by atoms with E-state index >= 15 is 0 Å².